The van der Waals surface area contributed by atoms with Gasteiger partial charge in [-0.15, -0.1) is 0 Å². The van der Waals surface area contributed by atoms with Gasteiger partial charge in [-0.3, -0.25) is 0 Å². The number of piperidine rings is 1. The Morgan fingerprint density at radius 2 is 2.56 bits per heavy atom. The highest BCUT2D eigenvalue weighted by Crippen LogP contribution is 2.07. The first-order valence-corrected chi connectivity index (χ1v) is 3.42. The topological polar surface area (TPSA) is 24.1 Å². The molecule has 1 fully saturated rings. The quantitative estimate of drug-likeness (QED) is 0.533. The van der Waals surface area contributed by atoms with Crippen molar-refractivity contribution in [3.8, 4) is 0 Å². The van der Waals surface area contributed by atoms with Crippen LogP contribution in [0.3, 0.4) is 0 Å². The second-order valence-electron chi connectivity index (χ2n) is 2.51. The van der Waals surface area contributed by atoms with Crippen LogP contribution in [0.2, 0.25) is 0 Å². The first-order chi connectivity index (χ1) is 4.33. The molecule has 2 N–H and O–H groups in total. The number of allylic oxidation sites excluding steroid dienone is 1. The summed E-state index contributed by atoms with van der Waals surface area (Å²) in [7, 11) is 2.00. The van der Waals surface area contributed by atoms with E-state index in [1.54, 1.807) is 0 Å². The maximum atomic E-state index is 3.84. The van der Waals surface area contributed by atoms with E-state index in [4.69, 9.17) is 0 Å². The van der Waals surface area contributed by atoms with Crippen LogP contribution >= 0.6 is 0 Å². The first kappa shape index (κ1) is 6.62. The van der Waals surface area contributed by atoms with Crippen LogP contribution in [0.1, 0.15) is 12.8 Å². The Bertz CT molecular complexity index is 99.5. The highest BCUT2D eigenvalue weighted by atomic mass is 15.0. The SMILES string of the molecule is C=C1CC[C@H](NC)CN1. The summed E-state index contributed by atoms with van der Waals surface area (Å²) < 4.78 is 0. The second kappa shape index (κ2) is 2.87. The van der Waals surface area contributed by atoms with Crippen molar-refractivity contribution in [2.45, 2.75) is 18.9 Å². The molecule has 0 unspecified atom stereocenters. The number of likely N-dealkylation sites (N-methyl/N-ethyl adjacent to an activating group) is 1. The van der Waals surface area contributed by atoms with Gasteiger partial charge in [0.2, 0.25) is 0 Å². The fourth-order valence-electron chi connectivity index (χ4n) is 1.05. The molecule has 1 saturated heterocycles. The molecule has 1 aliphatic rings. The Balaban J connectivity index is 2.26. The average molecular weight is 126 g/mol. The van der Waals surface area contributed by atoms with E-state index in [0.717, 1.165) is 13.0 Å². The number of hydrogen-bond acceptors (Lipinski definition) is 2. The summed E-state index contributed by atoms with van der Waals surface area (Å²) in [6, 6.07) is 0.649. The smallest absolute Gasteiger partial charge is 0.0297 e. The van der Waals surface area contributed by atoms with Crippen LogP contribution in [-0.2, 0) is 0 Å². The van der Waals surface area contributed by atoms with E-state index in [1.807, 2.05) is 7.05 Å². The molecule has 2 heteroatoms. The lowest BCUT2D eigenvalue weighted by molar-refractivity contribution is 0.452. The van der Waals surface area contributed by atoms with Gasteiger partial charge in [0.05, 0.1) is 0 Å². The van der Waals surface area contributed by atoms with E-state index in [2.05, 4.69) is 17.2 Å². The highest BCUT2D eigenvalue weighted by molar-refractivity contribution is 4.97. The van der Waals surface area contributed by atoms with Crippen molar-refractivity contribution in [1.29, 1.82) is 0 Å². The minimum atomic E-state index is 0.649. The Kier molecular flexibility index (Phi) is 2.11. The predicted molar refractivity (Wildman–Crippen MR) is 39.2 cm³/mol. The lowest BCUT2D eigenvalue weighted by atomic mass is 10.1. The van der Waals surface area contributed by atoms with Crippen molar-refractivity contribution in [1.82, 2.24) is 10.6 Å². The Morgan fingerprint density at radius 1 is 1.78 bits per heavy atom. The van der Waals surface area contributed by atoms with Crippen LogP contribution in [0.25, 0.3) is 0 Å². The van der Waals surface area contributed by atoms with E-state index in [1.165, 1.54) is 12.1 Å². The zero-order chi connectivity index (χ0) is 6.69. The van der Waals surface area contributed by atoms with E-state index in [-0.39, 0.29) is 0 Å². The average Bonchev–Trinajstić information content (AvgIpc) is 1.90. The molecule has 0 bridgehead atoms. The third-order valence-electron chi connectivity index (χ3n) is 1.80. The maximum Gasteiger partial charge on any atom is 0.0297 e. The van der Waals surface area contributed by atoms with E-state index >= 15 is 0 Å². The lowest BCUT2D eigenvalue weighted by Gasteiger charge is -2.24. The lowest BCUT2D eigenvalue weighted by Crippen LogP contribution is -2.39. The van der Waals surface area contributed by atoms with Crippen molar-refractivity contribution in [2.75, 3.05) is 13.6 Å². The third kappa shape index (κ3) is 1.72. The molecule has 1 heterocycles. The standard InChI is InChI=1S/C7H14N2/c1-6-3-4-7(8-2)5-9-6/h7-9H,1,3-5H2,2H3/t7-/m0/s1. The van der Waals surface area contributed by atoms with Crippen LogP contribution in [-0.4, -0.2) is 19.6 Å². The summed E-state index contributed by atoms with van der Waals surface area (Å²) in [4.78, 5) is 0. The summed E-state index contributed by atoms with van der Waals surface area (Å²) in [5.41, 5.74) is 1.18. The minimum Gasteiger partial charge on any atom is -0.387 e. The predicted octanol–water partition coefficient (Wildman–Crippen LogP) is 0.471. The Labute approximate surface area is 56.3 Å². The normalized spacial score (nSPS) is 27.7. The molecule has 0 aliphatic carbocycles. The molecule has 1 rings (SSSR count). The van der Waals surface area contributed by atoms with Crippen LogP contribution in [0, 0.1) is 0 Å². The molecule has 0 spiro atoms. The van der Waals surface area contributed by atoms with Crippen LogP contribution < -0.4 is 10.6 Å². The summed E-state index contributed by atoms with van der Waals surface area (Å²) in [5, 5.41) is 6.45. The molecule has 0 aromatic carbocycles. The molecule has 2 nitrogen and oxygen atoms in total. The van der Waals surface area contributed by atoms with Gasteiger partial charge in [-0.2, -0.15) is 0 Å². The zero-order valence-corrected chi connectivity index (χ0v) is 5.91. The van der Waals surface area contributed by atoms with E-state index < -0.39 is 0 Å². The summed E-state index contributed by atoms with van der Waals surface area (Å²) in [6.07, 6.45) is 2.34. The van der Waals surface area contributed by atoms with Gasteiger partial charge in [0, 0.05) is 18.3 Å². The van der Waals surface area contributed by atoms with Crippen LogP contribution in [0.15, 0.2) is 12.3 Å². The molecule has 0 aromatic heterocycles. The van der Waals surface area contributed by atoms with Gasteiger partial charge in [-0.25, -0.2) is 0 Å². The maximum absolute atomic E-state index is 3.84. The second-order valence-corrected chi connectivity index (χ2v) is 2.51. The van der Waals surface area contributed by atoms with E-state index in [9.17, 15) is 0 Å². The van der Waals surface area contributed by atoms with Gasteiger partial charge in [0.15, 0.2) is 0 Å². The monoisotopic (exact) mass is 126 g/mol. The molecule has 52 valence electrons. The summed E-state index contributed by atoms with van der Waals surface area (Å²) in [5.74, 6) is 0. The van der Waals surface area contributed by atoms with Gasteiger partial charge in [-0.1, -0.05) is 6.58 Å². The summed E-state index contributed by atoms with van der Waals surface area (Å²) in [6.45, 7) is 4.88. The molecule has 1 aliphatic heterocycles. The molecular weight excluding hydrogens is 112 g/mol. The molecule has 0 radical (unpaired) electrons. The first-order valence-electron chi connectivity index (χ1n) is 3.42. The zero-order valence-electron chi connectivity index (χ0n) is 5.91. The van der Waals surface area contributed by atoms with Gasteiger partial charge in [0.1, 0.15) is 0 Å². The third-order valence-corrected chi connectivity index (χ3v) is 1.80. The van der Waals surface area contributed by atoms with Gasteiger partial charge in [0.25, 0.3) is 0 Å². The number of hydrogen-bond donors (Lipinski definition) is 2. The van der Waals surface area contributed by atoms with Gasteiger partial charge >= 0.3 is 0 Å². The molecule has 0 amide bonds. The largest absolute Gasteiger partial charge is 0.387 e. The highest BCUT2D eigenvalue weighted by Gasteiger charge is 2.11. The van der Waals surface area contributed by atoms with Gasteiger partial charge in [-0.05, 0) is 19.9 Å². The molecular formula is C7H14N2. The Morgan fingerprint density at radius 3 is 3.00 bits per heavy atom. The number of nitrogens with one attached hydrogen (secondary N) is 2. The van der Waals surface area contributed by atoms with Crippen LogP contribution in [0.5, 0.6) is 0 Å². The molecule has 1 atom stereocenters. The van der Waals surface area contributed by atoms with Crippen molar-refractivity contribution in [3.05, 3.63) is 12.3 Å². The van der Waals surface area contributed by atoms with Crippen molar-refractivity contribution >= 4 is 0 Å². The number of rotatable bonds is 1. The minimum absolute atomic E-state index is 0.649. The fraction of sp³-hybridized carbons (Fsp3) is 0.714. The molecule has 9 heavy (non-hydrogen) atoms. The van der Waals surface area contributed by atoms with Gasteiger partial charge < -0.3 is 10.6 Å². The van der Waals surface area contributed by atoms with E-state index in [0.29, 0.717) is 6.04 Å². The van der Waals surface area contributed by atoms with Crippen molar-refractivity contribution in [3.63, 3.8) is 0 Å². The van der Waals surface area contributed by atoms with Crippen molar-refractivity contribution < 1.29 is 0 Å². The molecule has 0 aromatic rings. The molecule has 0 saturated carbocycles. The Hall–Kier alpha value is -0.500. The summed E-state index contributed by atoms with van der Waals surface area (Å²) >= 11 is 0. The van der Waals surface area contributed by atoms with Crippen LogP contribution in [0.4, 0.5) is 0 Å². The fourth-order valence-corrected chi connectivity index (χ4v) is 1.05. The van der Waals surface area contributed by atoms with Crippen molar-refractivity contribution in [2.24, 2.45) is 0 Å².